The van der Waals surface area contributed by atoms with Crippen LogP contribution in [0.5, 0.6) is 0 Å². The molecular weight excluding hydrogens is 320 g/mol. The number of aromatic nitrogens is 4. The summed E-state index contributed by atoms with van der Waals surface area (Å²) in [6.45, 7) is 2.15. The first-order chi connectivity index (χ1) is 12.1. The van der Waals surface area contributed by atoms with Gasteiger partial charge in [-0.05, 0) is 25.3 Å². The molecule has 0 amide bonds. The molecule has 1 aromatic carbocycles. The van der Waals surface area contributed by atoms with Crippen LogP contribution in [0.2, 0.25) is 0 Å². The molecule has 0 aliphatic rings. The number of hydrogen-bond donors (Lipinski definition) is 0. The van der Waals surface area contributed by atoms with Crippen molar-refractivity contribution in [3.63, 3.8) is 0 Å². The van der Waals surface area contributed by atoms with E-state index in [4.69, 9.17) is 4.42 Å². The van der Waals surface area contributed by atoms with Crippen LogP contribution in [0.25, 0.3) is 17.0 Å². The quantitative estimate of drug-likeness (QED) is 0.569. The first kappa shape index (κ1) is 15.4. The van der Waals surface area contributed by atoms with Crippen LogP contribution >= 0.6 is 0 Å². The van der Waals surface area contributed by atoms with Gasteiger partial charge in [-0.3, -0.25) is 18.3 Å². The SMILES string of the molecule is Cc1cn2c(nc3c2c(=O)n(CCCc2ccccc2)c(=O)n3C)o1. The monoisotopic (exact) mass is 338 g/mol. The van der Waals surface area contributed by atoms with Gasteiger partial charge in [-0.2, -0.15) is 4.98 Å². The smallest absolute Gasteiger partial charge is 0.332 e. The van der Waals surface area contributed by atoms with E-state index in [0.29, 0.717) is 35.7 Å². The molecule has 0 saturated carbocycles. The Morgan fingerprint density at radius 1 is 1.16 bits per heavy atom. The zero-order valence-corrected chi connectivity index (χ0v) is 14.1. The lowest BCUT2D eigenvalue weighted by atomic mass is 10.1. The lowest BCUT2D eigenvalue weighted by Gasteiger charge is -2.08. The third-order valence-electron chi connectivity index (χ3n) is 4.40. The van der Waals surface area contributed by atoms with Crippen LogP contribution in [0.4, 0.5) is 0 Å². The maximum atomic E-state index is 12.9. The molecule has 3 aromatic heterocycles. The van der Waals surface area contributed by atoms with Crippen LogP contribution in [0, 0.1) is 6.92 Å². The number of imidazole rings is 1. The summed E-state index contributed by atoms with van der Waals surface area (Å²) in [5.41, 5.74) is 1.20. The summed E-state index contributed by atoms with van der Waals surface area (Å²) in [5.74, 6) is 0.981. The van der Waals surface area contributed by atoms with E-state index in [1.807, 2.05) is 30.3 Å². The van der Waals surface area contributed by atoms with Gasteiger partial charge >= 0.3 is 11.5 Å². The van der Waals surface area contributed by atoms with Crippen LogP contribution in [-0.4, -0.2) is 18.5 Å². The van der Waals surface area contributed by atoms with E-state index in [-0.39, 0.29) is 11.2 Å². The molecule has 0 aliphatic carbocycles. The normalized spacial score (nSPS) is 11.6. The van der Waals surface area contributed by atoms with Crippen LogP contribution in [0.15, 0.2) is 50.5 Å². The summed E-state index contributed by atoms with van der Waals surface area (Å²) < 4.78 is 9.76. The van der Waals surface area contributed by atoms with Gasteiger partial charge in [0, 0.05) is 13.6 Å². The van der Waals surface area contributed by atoms with Gasteiger partial charge in [-0.25, -0.2) is 4.79 Å². The molecule has 4 aromatic rings. The molecular formula is C18H18N4O3. The second-order valence-corrected chi connectivity index (χ2v) is 6.17. The average molecular weight is 338 g/mol. The molecule has 4 rings (SSSR count). The van der Waals surface area contributed by atoms with Gasteiger partial charge in [-0.15, -0.1) is 0 Å². The molecule has 0 unspecified atom stereocenters. The Labute approximate surface area is 142 Å². The van der Waals surface area contributed by atoms with Crippen LogP contribution < -0.4 is 11.2 Å². The van der Waals surface area contributed by atoms with Gasteiger partial charge in [0.15, 0.2) is 11.2 Å². The number of fused-ring (bicyclic) bond motifs is 3. The minimum absolute atomic E-state index is 0.321. The van der Waals surface area contributed by atoms with Crippen molar-refractivity contribution in [2.24, 2.45) is 7.05 Å². The molecule has 25 heavy (non-hydrogen) atoms. The second-order valence-electron chi connectivity index (χ2n) is 6.17. The Hall–Kier alpha value is -3.09. The zero-order chi connectivity index (χ0) is 17.6. The van der Waals surface area contributed by atoms with Gasteiger partial charge < -0.3 is 4.42 Å². The third kappa shape index (κ3) is 2.48. The Morgan fingerprint density at radius 3 is 2.68 bits per heavy atom. The molecule has 0 N–H and O–H groups in total. The average Bonchev–Trinajstić information content (AvgIpc) is 3.13. The molecule has 3 heterocycles. The van der Waals surface area contributed by atoms with Crippen molar-refractivity contribution in [1.29, 1.82) is 0 Å². The fourth-order valence-electron chi connectivity index (χ4n) is 3.15. The number of rotatable bonds is 4. The largest absolute Gasteiger partial charge is 0.428 e. The molecule has 128 valence electrons. The highest BCUT2D eigenvalue weighted by atomic mass is 16.4. The molecule has 0 atom stereocenters. The van der Waals surface area contributed by atoms with Gasteiger partial charge in [0.1, 0.15) is 5.76 Å². The van der Waals surface area contributed by atoms with E-state index >= 15 is 0 Å². The maximum absolute atomic E-state index is 12.9. The van der Waals surface area contributed by atoms with Gasteiger partial charge in [-0.1, -0.05) is 30.3 Å². The first-order valence-corrected chi connectivity index (χ1v) is 8.18. The first-order valence-electron chi connectivity index (χ1n) is 8.18. The molecule has 0 radical (unpaired) electrons. The van der Waals surface area contributed by atoms with E-state index in [0.717, 1.165) is 6.42 Å². The Kier molecular flexibility index (Phi) is 3.56. The minimum Gasteiger partial charge on any atom is -0.428 e. The summed E-state index contributed by atoms with van der Waals surface area (Å²) in [7, 11) is 1.62. The standard InChI is InChI=1S/C18H18N4O3/c1-12-11-22-14-15(19-17(22)25-12)20(2)18(24)21(16(14)23)10-6-9-13-7-4-3-5-8-13/h3-5,7-8,11H,6,9-10H2,1-2H3. The topological polar surface area (TPSA) is 74.4 Å². The fourth-order valence-corrected chi connectivity index (χ4v) is 3.15. The Balaban J connectivity index is 1.76. The predicted molar refractivity (Wildman–Crippen MR) is 94.0 cm³/mol. The van der Waals surface area contributed by atoms with Crippen molar-refractivity contribution < 1.29 is 4.42 Å². The Morgan fingerprint density at radius 2 is 1.92 bits per heavy atom. The molecule has 0 spiro atoms. The van der Waals surface area contributed by atoms with Crippen molar-refractivity contribution in [2.75, 3.05) is 0 Å². The molecule has 0 aliphatic heterocycles. The summed E-state index contributed by atoms with van der Waals surface area (Å²) >= 11 is 0. The molecule has 0 bridgehead atoms. The predicted octanol–water partition coefficient (Wildman–Crippen LogP) is 1.88. The molecule has 7 heteroatoms. The van der Waals surface area contributed by atoms with E-state index in [1.165, 1.54) is 14.7 Å². The minimum atomic E-state index is -0.358. The molecule has 0 saturated heterocycles. The number of hydrogen-bond acceptors (Lipinski definition) is 4. The summed E-state index contributed by atoms with van der Waals surface area (Å²) in [5, 5.41) is 0. The van der Waals surface area contributed by atoms with E-state index in [9.17, 15) is 9.59 Å². The van der Waals surface area contributed by atoms with Crippen LogP contribution in [-0.2, 0) is 20.0 Å². The van der Waals surface area contributed by atoms with E-state index in [1.54, 1.807) is 24.6 Å². The highest BCUT2D eigenvalue weighted by molar-refractivity contribution is 5.74. The number of benzene rings is 1. The Bertz CT molecular complexity index is 1180. The lowest BCUT2D eigenvalue weighted by Crippen LogP contribution is -2.39. The van der Waals surface area contributed by atoms with Gasteiger partial charge in [0.2, 0.25) is 0 Å². The number of oxazole rings is 1. The highest BCUT2D eigenvalue weighted by Gasteiger charge is 2.18. The summed E-state index contributed by atoms with van der Waals surface area (Å²) in [6, 6.07) is 10.0. The maximum Gasteiger partial charge on any atom is 0.332 e. The fraction of sp³-hybridized carbons (Fsp3) is 0.278. The number of nitrogens with zero attached hydrogens (tertiary/aromatic N) is 4. The summed E-state index contributed by atoms with van der Waals surface area (Å²) in [4.78, 5) is 29.7. The lowest BCUT2D eigenvalue weighted by molar-refractivity contribution is 0.562. The van der Waals surface area contributed by atoms with Crippen molar-refractivity contribution in [3.05, 3.63) is 68.7 Å². The highest BCUT2D eigenvalue weighted by Crippen LogP contribution is 2.14. The summed E-state index contributed by atoms with van der Waals surface area (Å²) in [6.07, 6.45) is 3.23. The van der Waals surface area contributed by atoms with E-state index < -0.39 is 0 Å². The number of aryl methyl sites for hydroxylation is 3. The van der Waals surface area contributed by atoms with Crippen molar-refractivity contribution in [3.8, 4) is 0 Å². The van der Waals surface area contributed by atoms with Crippen LogP contribution in [0.3, 0.4) is 0 Å². The van der Waals surface area contributed by atoms with Crippen molar-refractivity contribution in [1.82, 2.24) is 18.5 Å². The molecule has 7 nitrogen and oxygen atoms in total. The molecule has 0 fully saturated rings. The zero-order valence-electron chi connectivity index (χ0n) is 14.1. The van der Waals surface area contributed by atoms with Gasteiger partial charge in [0.05, 0.1) is 6.20 Å². The van der Waals surface area contributed by atoms with Gasteiger partial charge in [0.25, 0.3) is 5.56 Å². The van der Waals surface area contributed by atoms with Crippen molar-refractivity contribution in [2.45, 2.75) is 26.3 Å². The van der Waals surface area contributed by atoms with Crippen LogP contribution in [0.1, 0.15) is 17.7 Å². The second kappa shape index (κ2) is 5.77. The third-order valence-corrected chi connectivity index (χ3v) is 4.40. The van der Waals surface area contributed by atoms with Crippen molar-refractivity contribution >= 4 is 17.0 Å². The van der Waals surface area contributed by atoms with E-state index in [2.05, 4.69) is 4.98 Å².